The van der Waals surface area contributed by atoms with Gasteiger partial charge in [0.2, 0.25) is 11.8 Å². The molecule has 2 aliphatic rings. The smallest absolute Gasteiger partial charge is 0.407 e. The van der Waals surface area contributed by atoms with Crippen molar-refractivity contribution >= 4 is 24.0 Å². The normalized spacial score (nSPS) is 18.2. The summed E-state index contributed by atoms with van der Waals surface area (Å²) < 4.78 is 4.75. The lowest BCUT2D eigenvalue weighted by Crippen LogP contribution is -2.51. The lowest BCUT2D eigenvalue weighted by Gasteiger charge is -2.33. The van der Waals surface area contributed by atoms with Crippen LogP contribution >= 0.6 is 0 Å². The number of likely N-dealkylation sites (tertiary alicyclic amines) is 2. The van der Waals surface area contributed by atoms with Gasteiger partial charge in [-0.2, -0.15) is 0 Å². The monoisotopic (exact) mass is 738 g/mol. The maximum Gasteiger partial charge on any atom is 0.407 e. The van der Waals surface area contributed by atoms with Crippen molar-refractivity contribution in [2.75, 3.05) is 27.2 Å². The molecule has 286 valence electrons. The van der Waals surface area contributed by atoms with Crippen LogP contribution in [0.2, 0.25) is 0 Å². The van der Waals surface area contributed by atoms with E-state index in [0.717, 1.165) is 70.0 Å². The zero-order chi connectivity index (χ0) is 38.7. The fourth-order valence-corrected chi connectivity index (χ4v) is 7.68. The van der Waals surface area contributed by atoms with E-state index in [-0.39, 0.29) is 35.7 Å². The molecule has 4 aromatic rings. The third-order valence-electron chi connectivity index (χ3n) is 10.6. The van der Waals surface area contributed by atoms with Crippen LogP contribution in [0.5, 0.6) is 0 Å². The number of amides is 4. The molecule has 4 atom stereocenters. The fourth-order valence-electron chi connectivity index (χ4n) is 7.68. The zero-order valence-corrected chi connectivity index (χ0v) is 31.7. The molecule has 2 aromatic heterocycles. The lowest BCUT2D eigenvalue weighted by atomic mass is 10.0. The predicted octanol–water partition coefficient (Wildman–Crippen LogP) is 6.48. The van der Waals surface area contributed by atoms with Crippen molar-refractivity contribution in [3.63, 3.8) is 0 Å². The van der Waals surface area contributed by atoms with E-state index in [2.05, 4.69) is 49.5 Å². The Kier molecular flexibility index (Phi) is 11.4. The Morgan fingerprint density at radius 3 is 1.61 bits per heavy atom. The van der Waals surface area contributed by atoms with Crippen LogP contribution in [0.15, 0.2) is 60.9 Å². The van der Waals surface area contributed by atoms with Crippen LogP contribution in [0.1, 0.15) is 77.1 Å². The molecule has 4 amide bonds. The number of methoxy groups -OCH3 is 1. The Labute approximate surface area is 315 Å². The molecule has 0 saturated carbocycles. The van der Waals surface area contributed by atoms with Crippen molar-refractivity contribution in [1.29, 1.82) is 0 Å². The molecule has 14 heteroatoms. The summed E-state index contributed by atoms with van der Waals surface area (Å²) in [7, 11) is 2.73. The topological polar surface area (TPSA) is 177 Å². The number of H-pyrrole nitrogens is 2. The maximum absolute atomic E-state index is 13.6. The summed E-state index contributed by atoms with van der Waals surface area (Å²) in [5, 5.41) is 12.3. The first-order valence-corrected chi connectivity index (χ1v) is 18.6. The molecule has 2 saturated heterocycles. The highest BCUT2D eigenvalue weighted by Crippen LogP contribution is 2.35. The largest absolute Gasteiger partial charge is 0.465 e. The van der Waals surface area contributed by atoms with Gasteiger partial charge >= 0.3 is 12.2 Å². The van der Waals surface area contributed by atoms with E-state index in [0.29, 0.717) is 18.9 Å². The number of likely N-dealkylation sites (N-methyl/N-ethyl adjacent to an activating group) is 1. The van der Waals surface area contributed by atoms with E-state index in [1.807, 2.05) is 52.0 Å². The van der Waals surface area contributed by atoms with Crippen LogP contribution in [0, 0.1) is 11.8 Å². The van der Waals surface area contributed by atoms with Gasteiger partial charge in [0.05, 0.1) is 43.0 Å². The van der Waals surface area contributed by atoms with Gasteiger partial charge in [-0.05, 0) is 59.8 Å². The lowest BCUT2D eigenvalue weighted by molar-refractivity contribution is -0.138. The molecule has 2 aliphatic heterocycles. The van der Waals surface area contributed by atoms with Crippen molar-refractivity contribution in [1.82, 2.24) is 40.0 Å². The van der Waals surface area contributed by atoms with Gasteiger partial charge < -0.3 is 34.9 Å². The minimum absolute atomic E-state index is 0.107. The third kappa shape index (κ3) is 7.82. The molecule has 2 fully saturated rings. The van der Waals surface area contributed by atoms with Gasteiger partial charge in [0, 0.05) is 20.1 Å². The number of carboxylic acid groups (broad SMARTS) is 1. The fraction of sp³-hybridized carbons (Fsp3) is 0.450. The van der Waals surface area contributed by atoms with Gasteiger partial charge in [-0.15, -0.1) is 0 Å². The number of aromatic amines is 2. The molecule has 2 aromatic carbocycles. The first-order valence-electron chi connectivity index (χ1n) is 18.6. The summed E-state index contributed by atoms with van der Waals surface area (Å²) in [5.74, 6) is 0.793. The minimum atomic E-state index is -1.13. The highest BCUT2D eigenvalue weighted by molar-refractivity contribution is 5.87. The second kappa shape index (κ2) is 16.1. The van der Waals surface area contributed by atoms with Crippen molar-refractivity contribution in [2.45, 2.75) is 77.5 Å². The summed E-state index contributed by atoms with van der Waals surface area (Å²) in [6.07, 6.45) is 5.02. The Bertz CT molecular complexity index is 1950. The first-order chi connectivity index (χ1) is 25.9. The summed E-state index contributed by atoms with van der Waals surface area (Å²) >= 11 is 0. The van der Waals surface area contributed by atoms with E-state index >= 15 is 0 Å². The number of carbonyl (C=O) groups excluding carboxylic acids is 3. The van der Waals surface area contributed by atoms with Gasteiger partial charge in [0.1, 0.15) is 23.7 Å². The van der Waals surface area contributed by atoms with Crippen LogP contribution in [0.3, 0.4) is 0 Å². The highest BCUT2D eigenvalue weighted by Gasteiger charge is 2.40. The average Bonchev–Trinajstić information content (AvgIpc) is 4.00. The number of alkyl carbamates (subject to hydrolysis) is 1. The average molecular weight is 739 g/mol. The van der Waals surface area contributed by atoms with Crippen molar-refractivity contribution in [2.24, 2.45) is 11.8 Å². The van der Waals surface area contributed by atoms with Crippen molar-refractivity contribution in [3.8, 4) is 33.6 Å². The maximum atomic E-state index is 13.6. The van der Waals surface area contributed by atoms with Crippen LogP contribution in [0.25, 0.3) is 33.6 Å². The Morgan fingerprint density at radius 2 is 1.20 bits per heavy atom. The molecule has 1 unspecified atom stereocenters. The number of benzene rings is 2. The van der Waals surface area contributed by atoms with Crippen LogP contribution in [-0.2, 0) is 14.3 Å². The number of nitrogens with zero attached hydrogens (tertiary/aromatic N) is 5. The van der Waals surface area contributed by atoms with E-state index in [4.69, 9.17) is 4.74 Å². The summed E-state index contributed by atoms with van der Waals surface area (Å²) in [6, 6.07) is 14.5. The number of rotatable bonds is 11. The molecule has 0 bridgehead atoms. The summed E-state index contributed by atoms with van der Waals surface area (Å²) in [4.78, 5) is 71.6. The molecule has 4 heterocycles. The van der Waals surface area contributed by atoms with E-state index in [9.17, 15) is 24.3 Å². The summed E-state index contributed by atoms with van der Waals surface area (Å²) in [6.45, 7) is 8.66. The third-order valence-corrected chi connectivity index (χ3v) is 10.6. The number of carbonyl (C=O) groups is 4. The van der Waals surface area contributed by atoms with Crippen LogP contribution < -0.4 is 5.32 Å². The molecule has 0 aliphatic carbocycles. The SMILES string of the molecule is COC(=O)N[C@H](C(=O)N1CCCC1c1ncc(-c2ccc(-c3ccc(-c4cnc([C@@H]5CCCN5C(=O)[C@H](C(C)C)N(C)C(=O)O)[nH]4)cc3)cc2)[nH]1)C(C)C. The molecule has 54 heavy (non-hydrogen) atoms. The van der Waals surface area contributed by atoms with Gasteiger partial charge in [-0.25, -0.2) is 19.6 Å². The number of nitrogens with one attached hydrogen (secondary N) is 3. The van der Waals surface area contributed by atoms with Gasteiger partial charge in [-0.3, -0.25) is 14.5 Å². The molecular weight excluding hydrogens is 688 g/mol. The Morgan fingerprint density at radius 1 is 0.759 bits per heavy atom. The van der Waals surface area contributed by atoms with Crippen molar-refractivity contribution < 1.29 is 29.0 Å². The van der Waals surface area contributed by atoms with Gasteiger partial charge in [-0.1, -0.05) is 76.2 Å². The quantitative estimate of drug-likeness (QED) is 0.135. The molecule has 6 rings (SSSR count). The molecule has 0 radical (unpaired) electrons. The van der Waals surface area contributed by atoms with Crippen LogP contribution in [0.4, 0.5) is 9.59 Å². The first kappa shape index (κ1) is 38.1. The van der Waals surface area contributed by atoms with E-state index in [1.54, 1.807) is 22.2 Å². The standard InChI is InChI=1S/C40H50N8O6/c1-23(2)33(45-39(51)54-6)37(49)47-19-7-9-31(47)35-41-21-29(43-35)27-15-11-25(12-16-27)26-13-17-28(18-14-26)30-22-42-36(44-30)32-10-8-20-48(32)38(50)34(24(3)4)46(5)40(52)53/h11-18,21-24,31-34H,7-10,19-20H2,1-6H3,(H,41,43)(H,42,44)(H,45,51)(H,52,53)/t31?,32-,33-,34-/m0/s1. The molecular formula is C40H50N8O6. The van der Waals surface area contributed by atoms with Gasteiger partial charge in [0.25, 0.3) is 0 Å². The predicted molar refractivity (Wildman–Crippen MR) is 203 cm³/mol. The van der Waals surface area contributed by atoms with E-state index < -0.39 is 24.3 Å². The second-order valence-corrected chi connectivity index (χ2v) is 14.8. The molecule has 4 N–H and O–H groups in total. The van der Waals surface area contributed by atoms with E-state index in [1.165, 1.54) is 14.2 Å². The van der Waals surface area contributed by atoms with Crippen LogP contribution in [-0.4, -0.2) is 103 Å². The number of ether oxygens (including phenoxy) is 1. The molecule has 0 spiro atoms. The van der Waals surface area contributed by atoms with Crippen molar-refractivity contribution in [3.05, 3.63) is 72.6 Å². The number of hydrogen-bond donors (Lipinski definition) is 4. The minimum Gasteiger partial charge on any atom is -0.465 e. The number of imidazole rings is 2. The molecule has 14 nitrogen and oxygen atoms in total. The number of hydrogen-bond acceptors (Lipinski definition) is 7. The Hall–Kier alpha value is -5.66. The zero-order valence-electron chi connectivity index (χ0n) is 31.7. The summed E-state index contributed by atoms with van der Waals surface area (Å²) in [5.41, 5.74) is 5.71. The second-order valence-electron chi connectivity index (χ2n) is 14.8. The highest BCUT2D eigenvalue weighted by atomic mass is 16.5. The van der Waals surface area contributed by atoms with Gasteiger partial charge in [0.15, 0.2) is 0 Å². The Balaban J connectivity index is 1.11. The number of aromatic nitrogens is 4.